The maximum absolute atomic E-state index is 11.7. The molecule has 0 amide bonds. The fourth-order valence-electron chi connectivity index (χ4n) is 1.73. The molecule has 0 bridgehead atoms. The van der Waals surface area contributed by atoms with Crippen molar-refractivity contribution < 1.29 is 9.59 Å². The van der Waals surface area contributed by atoms with E-state index < -0.39 is 0 Å². The molecule has 0 heterocycles. The maximum atomic E-state index is 11.7. The number of rotatable bonds is 3. The average molecular weight is 262 g/mol. The van der Waals surface area contributed by atoms with Gasteiger partial charge in [-0.25, -0.2) is 0 Å². The van der Waals surface area contributed by atoms with Gasteiger partial charge in [-0.3, -0.25) is 9.59 Å². The van der Waals surface area contributed by atoms with E-state index in [0.717, 1.165) is 11.1 Å². The standard InChI is InChI=1S/C18H14O2/c1-14(19)13-18(20)17-11-9-16(10-12-17)8-7-15-5-3-2-4-6-15/h2-6,9-12H,13H2,1H3. The number of hydrogen-bond acceptors (Lipinski definition) is 2. The molecule has 0 unspecified atom stereocenters. The lowest BCUT2D eigenvalue weighted by atomic mass is 10.0. The van der Waals surface area contributed by atoms with Crippen molar-refractivity contribution in [1.82, 2.24) is 0 Å². The number of carbonyl (C=O) groups is 2. The Morgan fingerprint density at radius 2 is 1.40 bits per heavy atom. The minimum absolute atomic E-state index is 0.0466. The van der Waals surface area contributed by atoms with E-state index in [1.54, 1.807) is 24.3 Å². The summed E-state index contributed by atoms with van der Waals surface area (Å²) in [5, 5.41) is 0. The van der Waals surface area contributed by atoms with Crippen molar-refractivity contribution in [2.24, 2.45) is 0 Å². The predicted octanol–water partition coefficient (Wildman–Crippen LogP) is 3.25. The molecule has 98 valence electrons. The lowest BCUT2D eigenvalue weighted by Crippen LogP contribution is -2.04. The second-order valence-corrected chi connectivity index (χ2v) is 4.50. The van der Waals surface area contributed by atoms with E-state index in [-0.39, 0.29) is 18.0 Å². The highest BCUT2D eigenvalue weighted by Gasteiger charge is 2.07. The highest BCUT2D eigenvalue weighted by Crippen LogP contribution is 2.07. The van der Waals surface area contributed by atoms with Gasteiger partial charge in [0, 0.05) is 16.7 Å². The molecule has 0 atom stereocenters. The SMILES string of the molecule is CC(=O)CC(=O)c1ccc(C#Cc2ccccc2)cc1. The third-order valence-electron chi connectivity index (χ3n) is 2.74. The monoisotopic (exact) mass is 262 g/mol. The average Bonchev–Trinajstić information content (AvgIpc) is 2.46. The number of hydrogen-bond donors (Lipinski definition) is 0. The van der Waals surface area contributed by atoms with Crippen molar-refractivity contribution in [2.75, 3.05) is 0 Å². The van der Waals surface area contributed by atoms with Crippen molar-refractivity contribution >= 4 is 11.6 Å². The van der Waals surface area contributed by atoms with Crippen LogP contribution >= 0.6 is 0 Å². The molecule has 0 aromatic heterocycles. The van der Waals surface area contributed by atoms with Gasteiger partial charge in [0.15, 0.2) is 5.78 Å². The van der Waals surface area contributed by atoms with E-state index in [2.05, 4.69) is 11.8 Å². The minimum atomic E-state index is -0.153. The van der Waals surface area contributed by atoms with Crippen LogP contribution in [0.3, 0.4) is 0 Å². The molecule has 0 N–H and O–H groups in total. The predicted molar refractivity (Wildman–Crippen MR) is 78.5 cm³/mol. The summed E-state index contributed by atoms with van der Waals surface area (Å²) < 4.78 is 0. The first kappa shape index (κ1) is 13.8. The van der Waals surface area contributed by atoms with Crippen molar-refractivity contribution in [2.45, 2.75) is 13.3 Å². The Hall–Kier alpha value is -2.66. The molecular formula is C18H14O2. The van der Waals surface area contributed by atoms with Gasteiger partial charge in [0.05, 0.1) is 6.42 Å². The number of ketones is 2. The van der Waals surface area contributed by atoms with E-state index >= 15 is 0 Å². The largest absolute Gasteiger partial charge is 0.300 e. The molecule has 2 nitrogen and oxygen atoms in total. The molecule has 2 rings (SSSR count). The molecule has 2 heteroatoms. The zero-order valence-corrected chi connectivity index (χ0v) is 11.2. The van der Waals surface area contributed by atoms with E-state index in [9.17, 15) is 9.59 Å². The molecule has 20 heavy (non-hydrogen) atoms. The fraction of sp³-hybridized carbons (Fsp3) is 0.111. The van der Waals surface area contributed by atoms with E-state index in [0.29, 0.717) is 5.56 Å². The lowest BCUT2D eigenvalue weighted by molar-refractivity contribution is -0.116. The summed E-state index contributed by atoms with van der Waals surface area (Å²) in [7, 11) is 0. The van der Waals surface area contributed by atoms with Crippen LogP contribution in [0, 0.1) is 11.8 Å². The van der Waals surface area contributed by atoms with Crippen LogP contribution in [-0.2, 0) is 4.79 Å². The summed E-state index contributed by atoms with van der Waals surface area (Å²) >= 11 is 0. The molecule has 2 aromatic rings. The Labute approximate surface area is 118 Å². The second kappa shape index (κ2) is 6.49. The second-order valence-electron chi connectivity index (χ2n) is 4.50. The molecule has 0 fully saturated rings. The third kappa shape index (κ3) is 3.93. The molecular weight excluding hydrogens is 248 g/mol. The van der Waals surface area contributed by atoms with Gasteiger partial charge in [-0.2, -0.15) is 0 Å². The molecule has 0 saturated carbocycles. The van der Waals surface area contributed by atoms with Crippen LogP contribution in [0.2, 0.25) is 0 Å². The van der Waals surface area contributed by atoms with Gasteiger partial charge < -0.3 is 0 Å². The van der Waals surface area contributed by atoms with E-state index in [1.165, 1.54) is 6.92 Å². The summed E-state index contributed by atoms with van der Waals surface area (Å²) in [5.41, 5.74) is 2.34. The summed E-state index contributed by atoms with van der Waals surface area (Å²) in [4.78, 5) is 22.6. The topological polar surface area (TPSA) is 34.1 Å². The van der Waals surface area contributed by atoms with E-state index in [4.69, 9.17) is 0 Å². The smallest absolute Gasteiger partial charge is 0.170 e. The van der Waals surface area contributed by atoms with Gasteiger partial charge in [-0.05, 0) is 31.2 Å². The Balaban J connectivity index is 2.11. The highest BCUT2D eigenvalue weighted by atomic mass is 16.1. The summed E-state index contributed by atoms with van der Waals surface area (Å²) in [5.74, 6) is 5.82. The molecule has 0 saturated heterocycles. The van der Waals surface area contributed by atoms with Gasteiger partial charge in [-0.15, -0.1) is 0 Å². The molecule has 0 aliphatic carbocycles. The number of benzene rings is 2. The Morgan fingerprint density at radius 1 is 0.850 bits per heavy atom. The van der Waals surface area contributed by atoms with Crippen molar-refractivity contribution in [3.8, 4) is 11.8 Å². The first-order valence-corrected chi connectivity index (χ1v) is 6.35. The summed E-state index contributed by atoms with van der Waals surface area (Å²) in [6.45, 7) is 1.41. The van der Waals surface area contributed by atoms with Crippen LogP contribution in [0.4, 0.5) is 0 Å². The van der Waals surface area contributed by atoms with Gasteiger partial charge in [0.25, 0.3) is 0 Å². The highest BCUT2D eigenvalue weighted by molar-refractivity contribution is 6.07. The molecule has 0 aliphatic rings. The van der Waals surface area contributed by atoms with Crippen LogP contribution in [-0.4, -0.2) is 11.6 Å². The summed E-state index contributed by atoms with van der Waals surface area (Å²) in [6.07, 6.45) is -0.0466. The van der Waals surface area contributed by atoms with Crippen LogP contribution < -0.4 is 0 Å². The van der Waals surface area contributed by atoms with E-state index in [1.807, 2.05) is 30.3 Å². The summed E-state index contributed by atoms with van der Waals surface area (Å²) in [6, 6.07) is 16.7. The minimum Gasteiger partial charge on any atom is -0.300 e. The number of carbonyl (C=O) groups excluding carboxylic acids is 2. The lowest BCUT2D eigenvalue weighted by Gasteiger charge is -1.98. The Morgan fingerprint density at radius 3 is 1.95 bits per heavy atom. The first-order valence-electron chi connectivity index (χ1n) is 6.35. The van der Waals surface area contributed by atoms with Crippen LogP contribution in [0.5, 0.6) is 0 Å². The molecule has 2 aromatic carbocycles. The fourth-order valence-corrected chi connectivity index (χ4v) is 1.73. The van der Waals surface area contributed by atoms with Crippen molar-refractivity contribution in [3.63, 3.8) is 0 Å². The maximum Gasteiger partial charge on any atom is 0.170 e. The van der Waals surface area contributed by atoms with Gasteiger partial charge in [0.1, 0.15) is 5.78 Å². The Kier molecular flexibility index (Phi) is 4.47. The zero-order chi connectivity index (χ0) is 14.4. The Bertz CT molecular complexity index is 671. The zero-order valence-electron chi connectivity index (χ0n) is 11.2. The van der Waals surface area contributed by atoms with Crippen molar-refractivity contribution in [1.29, 1.82) is 0 Å². The van der Waals surface area contributed by atoms with Crippen LogP contribution in [0.15, 0.2) is 54.6 Å². The van der Waals surface area contributed by atoms with Crippen LogP contribution in [0.25, 0.3) is 0 Å². The van der Waals surface area contributed by atoms with Gasteiger partial charge in [-0.1, -0.05) is 42.2 Å². The molecule has 0 spiro atoms. The number of Topliss-reactive ketones (excluding diaryl/α,β-unsaturated/α-hetero) is 2. The van der Waals surface area contributed by atoms with Crippen LogP contribution in [0.1, 0.15) is 34.8 Å². The first-order chi connectivity index (χ1) is 9.65. The quantitative estimate of drug-likeness (QED) is 0.483. The molecule has 0 aliphatic heterocycles. The van der Waals surface area contributed by atoms with Crippen molar-refractivity contribution in [3.05, 3.63) is 71.3 Å². The van der Waals surface area contributed by atoms with Gasteiger partial charge in [0.2, 0.25) is 0 Å². The molecule has 0 radical (unpaired) electrons. The normalized spacial score (nSPS) is 9.45. The third-order valence-corrected chi connectivity index (χ3v) is 2.74. The van der Waals surface area contributed by atoms with Gasteiger partial charge >= 0.3 is 0 Å².